The van der Waals surface area contributed by atoms with Gasteiger partial charge < -0.3 is 19.7 Å². The Bertz CT molecular complexity index is 493. The fourth-order valence-electron chi connectivity index (χ4n) is 2.33. The van der Waals surface area contributed by atoms with Gasteiger partial charge in [0.15, 0.2) is 0 Å². The minimum atomic E-state index is -1.21. The summed E-state index contributed by atoms with van der Waals surface area (Å²) < 4.78 is 11.0. The zero-order valence-corrected chi connectivity index (χ0v) is 12.1. The number of aryl methyl sites for hydroxylation is 1. The standard InChI is InChI=1S/C15H21NO5/c1-12-3-2-4-13(7-12)21-11-15(19)9-16(8-14(17)18)5-6-20-10-15/h2-4,7,19H,5-6,8-11H2,1H3,(H,17,18)/t15-/m0/s1. The summed E-state index contributed by atoms with van der Waals surface area (Å²) in [6.45, 7) is 3.15. The molecule has 0 spiro atoms. The Labute approximate surface area is 123 Å². The van der Waals surface area contributed by atoms with Crippen molar-refractivity contribution in [1.29, 1.82) is 0 Å². The van der Waals surface area contributed by atoms with E-state index in [-0.39, 0.29) is 26.3 Å². The number of ether oxygens (including phenoxy) is 2. The highest BCUT2D eigenvalue weighted by molar-refractivity contribution is 5.69. The molecule has 1 saturated heterocycles. The molecule has 0 amide bonds. The number of nitrogens with zero attached hydrogens (tertiary/aromatic N) is 1. The van der Waals surface area contributed by atoms with Crippen molar-refractivity contribution >= 4 is 5.97 Å². The van der Waals surface area contributed by atoms with Crippen LogP contribution in [0.5, 0.6) is 5.75 Å². The van der Waals surface area contributed by atoms with Crippen molar-refractivity contribution in [2.24, 2.45) is 0 Å². The molecule has 2 N–H and O–H groups in total. The minimum Gasteiger partial charge on any atom is -0.490 e. The van der Waals surface area contributed by atoms with E-state index in [2.05, 4.69) is 0 Å². The van der Waals surface area contributed by atoms with Gasteiger partial charge in [-0.2, -0.15) is 0 Å². The first-order valence-electron chi connectivity index (χ1n) is 6.91. The summed E-state index contributed by atoms with van der Waals surface area (Å²) in [5.41, 5.74) is -0.139. The third-order valence-electron chi connectivity index (χ3n) is 3.30. The van der Waals surface area contributed by atoms with Crippen LogP contribution in [0.15, 0.2) is 24.3 Å². The normalized spacial score (nSPS) is 23.5. The lowest BCUT2D eigenvalue weighted by molar-refractivity contribution is -0.139. The smallest absolute Gasteiger partial charge is 0.317 e. The Balaban J connectivity index is 1.96. The van der Waals surface area contributed by atoms with Crippen molar-refractivity contribution < 1.29 is 24.5 Å². The van der Waals surface area contributed by atoms with Crippen LogP contribution in [0.1, 0.15) is 5.56 Å². The highest BCUT2D eigenvalue weighted by atomic mass is 16.5. The largest absolute Gasteiger partial charge is 0.490 e. The van der Waals surface area contributed by atoms with Crippen LogP contribution in [0.2, 0.25) is 0 Å². The van der Waals surface area contributed by atoms with Crippen LogP contribution in [-0.2, 0) is 9.53 Å². The van der Waals surface area contributed by atoms with E-state index in [1.807, 2.05) is 31.2 Å². The predicted octanol–water partition coefficient (Wildman–Crippen LogP) is 0.522. The molecule has 0 unspecified atom stereocenters. The van der Waals surface area contributed by atoms with E-state index in [1.165, 1.54) is 0 Å². The minimum absolute atomic E-state index is 0.0621. The van der Waals surface area contributed by atoms with E-state index in [0.29, 0.717) is 18.9 Å². The molecule has 1 aliphatic heterocycles. The molecule has 0 bridgehead atoms. The summed E-state index contributed by atoms with van der Waals surface area (Å²) in [6, 6.07) is 7.55. The molecule has 1 heterocycles. The molecule has 6 heteroatoms. The van der Waals surface area contributed by atoms with Gasteiger partial charge in [0.2, 0.25) is 0 Å². The van der Waals surface area contributed by atoms with E-state index in [4.69, 9.17) is 14.6 Å². The summed E-state index contributed by atoms with van der Waals surface area (Å²) >= 11 is 0. The number of β-amino-alcohol motifs (C(OH)–C–C–N with tert-alkyl or cyclic N) is 1. The van der Waals surface area contributed by atoms with Gasteiger partial charge in [0.25, 0.3) is 0 Å². The van der Waals surface area contributed by atoms with E-state index >= 15 is 0 Å². The first-order valence-corrected chi connectivity index (χ1v) is 6.91. The van der Waals surface area contributed by atoms with E-state index in [9.17, 15) is 9.90 Å². The second kappa shape index (κ2) is 6.89. The van der Waals surface area contributed by atoms with E-state index < -0.39 is 11.6 Å². The van der Waals surface area contributed by atoms with Crippen LogP contribution < -0.4 is 4.74 Å². The van der Waals surface area contributed by atoms with E-state index in [1.54, 1.807) is 4.90 Å². The van der Waals surface area contributed by atoms with Crippen molar-refractivity contribution in [1.82, 2.24) is 4.90 Å². The Morgan fingerprint density at radius 1 is 1.52 bits per heavy atom. The molecule has 1 aliphatic rings. The third kappa shape index (κ3) is 5.00. The number of carboxylic acids is 1. The number of aliphatic carboxylic acids is 1. The second-order valence-corrected chi connectivity index (χ2v) is 5.49. The number of rotatable bonds is 5. The fraction of sp³-hybridized carbons (Fsp3) is 0.533. The average Bonchev–Trinajstić information content (AvgIpc) is 2.58. The number of carboxylic acid groups (broad SMARTS) is 1. The molecule has 21 heavy (non-hydrogen) atoms. The van der Waals surface area contributed by atoms with Crippen molar-refractivity contribution in [3.63, 3.8) is 0 Å². The van der Waals surface area contributed by atoms with Gasteiger partial charge in [-0.1, -0.05) is 12.1 Å². The summed E-state index contributed by atoms with van der Waals surface area (Å²) in [4.78, 5) is 12.5. The molecule has 1 atom stereocenters. The Morgan fingerprint density at radius 3 is 3.05 bits per heavy atom. The van der Waals surface area contributed by atoms with Crippen molar-refractivity contribution in [2.75, 3.05) is 39.5 Å². The Morgan fingerprint density at radius 2 is 2.33 bits per heavy atom. The monoisotopic (exact) mass is 295 g/mol. The maximum Gasteiger partial charge on any atom is 0.317 e. The maximum absolute atomic E-state index is 10.8. The van der Waals surface area contributed by atoms with Crippen molar-refractivity contribution in [3.05, 3.63) is 29.8 Å². The number of benzene rings is 1. The van der Waals surface area contributed by atoms with Gasteiger partial charge in [-0.3, -0.25) is 9.69 Å². The summed E-state index contributed by atoms with van der Waals surface area (Å²) in [5.74, 6) is -0.240. The zero-order chi connectivity index (χ0) is 15.3. The highest BCUT2D eigenvalue weighted by Crippen LogP contribution is 2.17. The predicted molar refractivity (Wildman–Crippen MR) is 76.5 cm³/mol. The van der Waals surface area contributed by atoms with Crippen molar-refractivity contribution in [3.8, 4) is 5.75 Å². The van der Waals surface area contributed by atoms with Gasteiger partial charge in [-0.15, -0.1) is 0 Å². The zero-order valence-electron chi connectivity index (χ0n) is 12.1. The molecule has 0 aliphatic carbocycles. The molecule has 0 aromatic heterocycles. The van der Waals surface area contributed by atoms with E-state index in [0.717, 1.165) is 5.56 Å². The SMILES string of the molecule is Cc1cccc(OC[C@@]2(O)COCCN(CC(=O)O)C2)c1. The topological polar surface area (TPSA) is 79.2 Å². The van der Waals surface area contributed by atoms with Crippen LogP contribution >= 0.6 is 0 Å². The average molecular weight is 295 g/mol. The van der Waals surface area contributed by atoms with Crippen molar-refractivity contribution in [2.45, 2.75) is 12.5 Å². The molecule has 116 valence electrons. The van der Waals surface area contributed by atoms with Crippen LogP contribution in [0.4, 0.5) is 0 Å². The Kier molecular flexibility index (Phi) is 5.17. The molecular formula is C15H21NO5. The van der Waals surface area contributed by atoms with Crippen LogP contribution in [0, 0.1) is 6.92 Å². The summed E-state index contributed by atoms with van der Waals surface area (Å²) in [6.07, 6.45) is 0. The molecule has 1 aromatic rings. The molecule has 6 nitrogen and oxygen atoms in total. The van der Waals surface area contributed by atoms with Crippen LogP contribution in [0.3, 0.4) is 0 Å². The highest BCUT2D eigenvalue weighted by Gasteiger charge is 2.34. The van der Waals surface area contributed by atoms with Gasteiger partial charge in [0.05, 0.1) is 19.8 Å². The lowest BCUT2D eigenvalue weighted by atomic mass is 10.1. The maximum atomic E-state index is 10.8. The molecular weight excluding hydrogens is 274 g/mol. The first kappa shape index (κ1) is 15.8. The number of carbonyl (C=O) groups is 1. The second-order valence-electron chi connectivity index (χ2n) is 5.49. The third-order valence-corrected chi connectivity index (χ3v) is 3.30. The van der Waals surface area contributed by atoms with Gasteiger partial charge >= 0.3 is 5.97 Å². The summed E-state index contributed by atoms with van der Waals surface area (Å²) in [7, 11) is 0. The first-order chi connectivity index (χ1) is 9.97. The van der Waals surface area contributed by atoms with Crippen LogP contribution in [0.25, 0.3) is 0 Å². The molecule has 2 rings (SSSR count). The lowest BCUT2D eigenvalue weighted by Crippen LogP contribution is -2.49. The molecule has 0 radical (unpaired) electrons. The van der Waals surface area contributed by atoms with Gasteiger partial charge in [0.1, 0.15) is 18.0 Å². The molecule has 1 aromatic carbocycles. The quantitative estimate of drug-likeness (QED) is 0.824. The Hall–Kier alpha value is -1.63. The van der Waals surface area contributed by atoms with Crippen LogP contribution in [-0.4, -0.2) is 66.1 Å². The molecule has 0 saturated carbocycles. The van der Waals surface area contributed by atoms with Gasteiger partial charge in [0, 0.05) is 13.1 Å². The molecule has 1 fully saturated rings. The van der Waals surface area contributed by atoms with Gasteiger partial charge in [-0.25, -0.2) is 0 Å². The fourth-order valence-corrected chi connectivity index (χ4v) is 2.33. The number of aliphatic hydroxyl groups is 1. The lowest BCUT2D eigenvalue weighted by Gasteiger charge is -2.29. The number of hydrogen-bond acceptors (Lipinski definition) is 5. The van der Waals surface area contributed by atoms with Gasteiger partial charge in [-0.05, 0) is 24.6 Å². The summed E-state index contributed by atoms with van der Waals surface area (Å²) in [5, 5.41) is 19.5. The number of hydrogen-bond donors (Lipinski definition) is 2.